The summed E-state index contributed by atoms with van der Waals surface area (Å²) in [5, 5.41) is 5.05. The quantitative estimate of drug-likeness (QED) is 0.490. The highest BCUT2D eigenvalue weighted by molar-refractivity contribution is 7.13. The highest BCUT2D eigenvalue weighted by Gasteiger charge is 2.09. The van der Waals surface area contributed by atoms with Crippen molar-refractivity contribution in [3.8, 4) is 21.9 Å². The molecular weight excluding hydrogens is 358 g/mol. The normalized spacial score (nSPS) is 10.4. The summed E-state index contributed by atoms with van der Waals surface area (Å²) in [6.45, 7) is 3.09. The number of carbonyl (C=O) groups is 1. The summed E-state index contributed by atoms with van der Waals surface area (Å²) in [5.74, 6) is 1.60. The van der Waals surface area contributed by atoms with Gasteiger partial charge in [-0.3, -0.25) is 4.79 Å². The summed E-state index contributed by atoms with van der Waals surface area (Å²) in [6.07, 6.45) is 1.07. The molecule has 0 saturated heterocycles. The van der Waals surface area contributed by atoms with Crippen LogP contribution in [0.2, 0.25) is 0 Å². The SMILES string of the molecule is CCOc1ccc(OCCCC(=O)Nc2ccccc2-c2cccs2)cc1. The van der Waals surface area contributed by atoms with Gasteiger partial charge in [0.25, 0.3) is 0 Å². The van der Waals surface area contributed by atoms with Gasteiger partial charge >= 0.3 is 0 Å². The number of amides is 1. The van der Waals surface area contributed by atoms with Crippen LogP contribution in [0.4, 0.5) is 5.69 Å². The maximum atomic E-state index is 12.3. The minimum Gasteiger partial charge on any atom is -0.494 e. The third-order valence-electron chi connectivity index (χ3n) is 3.94. The number of hydrogen-bond acceptors (Lipinski definition) is 4. The molecule has 0 aliphatic heterocycles. The van der Waals surface area contributed by atoms with Gasteiger partial charge in [-0.05, 0) is 55.1 Å². The number of carbonyl (C=O) groups excluding carboxylic acids is 1. The van der Waals surface area contributed by atoms with Crippen molar-refractivity contribution in [2.24, 2.45) is 0 Å². The molecule has 0 radical (unpaired) electrons. The Balaban J connectivity index is 1.45. The number of para-hydroxylation sites is 1. The van der Waals surface area contributed by atoms with E-state index in [2.05, 4.69) is 11.4 Å². The highest BCUT2D eigenvalue weighted by atomic mass is 32.1. The molecule has 3 rings (SSSR count). The van der Waals surface area contributed by atoms with Gasteiger partial charge in [0, 0.05) is 22.5 Å². The lowest BCUT2D eigenvalue weighted by Gasteiger charge is -2.10. The van der Waals surface area contributed by atoms with Crippen molar-refractivity contribution in [2.75, 3.05) is 18.5 Å². The van der Waals surface area contributed by atoms with E-state index in [4.69, 9.17) is 9.47 Å². The van der Waals surface area contributed by atoms with Crippen LogP contribution in [0.3, 0.4) is 0 Å². The Morgan fingerprint density at radius 3 is 2.41 bits per heavy atom. The molecule has 0 aliphatic carbocycles. The van der Waals surface area contributed by atoms with Crippen molar-refractivity contribution in [2.45, 2.75) is 19.8 Å². The molecular formula is C22H23NO3S. The molecule has 0 fully saturated rings. The maximum Gasteiger partial charge on any atom is 0.224 e. The predicted molar refractivity (Wildman–Crippen MR) is 111 cm³/mol. The third kappa shape index (κ3) is 5.59. The molecule has 0 aliphatic rings. The van der Waals surface area contributed by atoms with Crippen LogP contribution in [0.15, 0.2) is 66.0 Å². The highest BCUT2D eigenvalue weighted by Crippen LogP contribution is 2.31. The van der Waals surface area contributed by atoms with Gasteiger partial charge in [-0.25, -0.2) is 0 Å². The first kappa shape index (κ1) is 19.0. The molecule has 4 nitrogen and oxygen atoms in total. The van der Waals surface area contributed by atoms with Crippen LogP contribution >= 0.6 is 11.3 Å². The fourth-order valence-electron chi connectivity index (χ4n) is 2.67. The van der Waals surface area contributed by atoms with Crippen LogP contribution < -0.4 is 14.8 Å². The van der Waals surface area contributed by atoms with Crippen molar-refractivity contribution in [3.63, 3.8) is 0 Å². The molecule has 1 amide bonds. The minimum absolute atomic E-state index is 0.00528. The molecule has 0 saturated carbocycles. The van der Waals surface area contributed by atoms with Crippen LogP contribution in [0.1, 0.15) is 19.8 Å². The molecule has 0 bridgehead atoms. The number of hydrogen-bond donors (Lipinski definition) is 1. The van der Waals surface area contributed by atoms with E-state index in [0.29, 0.717) is 26.1 Å². The van der Waals surface area contributed by atoms with Crippen LogP contribution in [-0.4, -0.2) is 19.1 Å². The smallest absolute Gasteiger partial charge is 0.224 e. The Kier molecular flexibility index (Phi) is 6.88. The average molecular weight is 381 g/mol. The topological polar surface area (TPSA) is 47.6 Å². The van der Waals surface area contributed by atoms with Crippen LogP contribution in [-0.2, 0) is 4.79 Å². The zero-order valence-electron chi connectivity index (χ0n) is 15.3. The van der Waals surface area contributed by atoms with Crippen molar-refractivity contribution in [1.29, 1.82) is 0 Å². The number of nitrogens with one attached hydrogen (secondary N) is 1. The standard InChI is InChI=1S/C22H23NO3S/c1-2-25-17-11-13-18(14-12-17)26-15-5-10-22(24)23-20-8-4-3-7-19(20)21-9-6-16-27-21/h3-4,6-9,11-14,16H,2,5,10,15H2,1H3,(H,23,24). The first-order valence-corrected chi connectivity index (χ1v) is 9.92. The monoisotopic (exact) mass is 381 g/mol. The lowest BCUT2D eigenvalue weighted by atomic mass is 10.1. The summed E-state index contributed by atoms with van der Waals surface area (Å²) in [4.78, 5) is 13.4. The number of rotatable bonds is 9. The fourth-order valence-corrected chi connectivity index (χ4v) is 3.44. The Bertz CT molecular complexity index is 844. The van der Waals surface area contributed by atoms with E-state index in [1.54, 1.807) is 11.3 Å². The Labute approximate surface area is 163 Å². The van der Waals surface area contributed by atoms with Crippen LogP contribution in [0.5, 0.6) is 11.5 Å². The molecule has 27 heavy (non-hydrogen) atoms. The number of ether oxygens (including phenoxy) is 2. The predicted octanol–water partition coefficient (Wildman–Crippen LogP) is 5.61. The maximum absolute atomic E-state index is 12.3. The molecule has 1 N–H and O–H groups in total. The number of anilines is 1. The molecule has 0 atom stereocenters. The number of thiophene rings is 1. The van der Waals surface area contributed by atoms with E-state index in [1.165, 1.54) is 0 Å². The van der Waals surface area contributed by atoms with Crippen molar-refractivity contribution in [3.05, 3.63) is 66.0 Å². The lowest BCUT2D eigenvalue weighted by Crippen LogP contribution is -2.13. The van der Waals surface area contributed by atoms with Crippen LogP contribution in [0.25, 0.3) is 10.4 Å². The second-order valence-corrected chi connectivity index (χ2v) is 6.88. The summed E-state index contributed by atoms with van der Waals surface area (Å²) in [7, 11) is 0. The summed E-state index contributed by atoms with van der Waals surface area (Å²) in [5.41, 5.74) is 1.89. The zero-order valence-corrected chi connectivity index (χ0v) is 16.1. The Morgan fingerprint density at radius 1 is 0.963 bits per heavy atom. The number of benzene rings is 2. The van der Waals surface area contributed by atoms with Gasteiger partial charge in [-0.2, -0.15) is 0 Å². The minimum atomic E-state index is -0.00528. The molecule has 2 aromatic carbocycles. The molecule has 0 spiro atoms. The van der Waals surface area contributed by atoms with Crippen molar-refractivity contribution in [1.82, 2.24) is 0 Å². The second kappa shape index (κ2) is 9.78. The second-order valence-electron chi connectivity index (χ2n) is 5.93. The van der Waals surface area contributed by atoms with Gasteiger partial charge < -0.3 is 14.8 Å². The van der Waals surface area contributed by atoms with Gasteiger partial charge in [-0.1, -0.05) is 24.3 Å². The zero-order chi connectivity index (χ0) is 18.9. The molecule has 1 aromatic heterocycles. The van der Waals surface area contributed by atoms with Gasteiger partial charge in [0.1, 0.15) is 11.5 Å². The van der Waals surface area contributed by atoms with Gasteiger partial charge in [0.15, 0.2) is 0 Å². The molecule has 3 aromatic rings. The van der Waals surface area contributed by atoms with E-state index < -0.39 is 0 Å². The molecule has 0 unspecified atom stereocenters. The average Bonchev–Trinajstić information content (AvgIpc) is 3.22. The summed E-state index contributed by atoms with van der Waals surface area (Å²) in [6, 6.07) is 19.5. The van der Waals surface area contributed by atoms with E-state index >= 15 is 0 Å². The van der Waals surface area contributed by atoms with Crippen molar-refractivity contribution >= 4 is 22.9 Å². The largest absolute Gasteiger partial charge is 0.494 e. The van der Waals surface area contributed by atoms with E-state index in [1.807, 2.05) is 66.9 Å². The van der Waals surface area contributed by atoms with Gasteiger partial charge in [0.05, 0.1) is 13.2 Å². The Morgan fingerprint density at radius 2 is 1.70 bits per heavy atom. The lowest BCUT2D eigenvalue weighted by molar-refractivity contribution is -0.116. The summed E-state index contributed by atoms with van der Waals surface area (Å²) >= 11 is 1.66. The molecule has 5 heteroatoms. The van der Waals surface area contributed by atoms with E-state index in [9.17, 15) is 4.79 Å². The third-order valence-corrected chi connectivity index (χ3v) is 4.84. The van der Waals surface area contributed by atoms with E-state index in [0.717, 1.165) is 27.6 Å². The van der Waals surface area contributed by atoms with E-state index in [-0.39, 0.29) is 5.91 Å². The molecule has 140 valence electrons. The van der Waals surface area contributed by atoms with Crippen LogP contribution in [0, 0.1) is 0 Å². The molecule has 1 heterocycles. The fraction of sp³-hybridized carbons (Fsp3) is 0.227. The first-order chi connectivity index (χ1) is 13.3. The first-order valence-electron chi connectivity index (χ1n) is 9.04. The van der Waals surface area contributed by atoms with Gasteiger partial charge in [0.2, 0.25) is 5.91 Å². The van der Waals surface area contributed by atoms with Crippen molar-refractivity contribution < 1.29 is 14.3 Å². The summed E-state index contributed by atoms with van der Waals surface area (Å²) < 4.78 is 11.1. The van der Waals surface area contributed by atoms with Gasteiger partial charge in [-0.15, -0.1) is 11.3 Å². The Hall–Kier alpha value is -2.79.